The van der Waals surface area contributed by atoms with Crippen molar-refractivity contribution in [2.75, 3.05) is 21.3 Å². The van der Waals surface area contributed by atoms with E-state index in [4.69, 9.17) is 14.2 Å². The number of carbonyl (C=O) groups excluding carboxylic acids is 1. The predicted molar refractivity (Wildman–Crippen MR) is 69.1 cm³/mol. The Hall–Kier alpha value is -1.71. The van der Waals surface area contributed by atoms with Gasteiger partial charge in [0.05, 0.1) is 32.8 Å². The quantitative estimate of drug-likeness (QED) is 0.756. The summed E-state index contributed by atoms with van der Waals surface area (Å²) < 4.78 is 15.5. The number of hydrogen-bond donors (Lipinski definition) is 0. The predicted octanol–water partition coefficient (Wildman–Crippen LogP) is 2.62. The van der Waals surface area contributed by atoms with Crippen LogP contribution in [0.25, 0.3) is 0 Å². The minimum absolute atomic E-state index is 0.0858. The minimum Gasteiger partial charge on any atom is -0.496 e. The molecule has 0 amide bonds. The van der Waals surface area contributed by atoms with Gasteiger partial charge < -0.3 is 14.2 Å². The van der Waals surface area contributed by atoms with Crippen molar-refractivity contribution in [2.24, 2.45) is 5.92 Å². The van der Waals surface area contributed by atoms with Crippen LogP contribution in [-0.4, -0.2) is 27.3 Å². The molecular formula is C14H20O4. The SMILES string of the molecule is COC(=O)C(c1c(OC)cccc1OC)C(C)C. The first-order valence-corrected chi connectivity index (χ1v) is 5.85. The number of ether oxygens (including phenoxy) is 3. The fourth-order valence-corrected chi connectivity index (χ4v) is 2.04. The van der Waals surface area contributed by atoms with E-state index in [1.165, 1.54) is 7.11 Å². The molecule has 100 valence electrons. The molecule has 1 aromatic carbocycles. The summed E-state index contributed by atoms with van der Waals surface area (Å²) in [7, 11) is 4.54. The van der Waals surface area contributed by atoms with E-state index in [2.05, 4.69) is 0 Å². The molecule has 0 fully saturated rings. The van der Waals surface area contributed by atoms with Gasteiger partial charge in [-0.25, -0.2) is 0 Å². The summed E-state index contributed by atoms with van der Waals surface area (Å²) in [5.74, 6) is 0.674. The van der Waals surface area contributed by atoms with Gasteiger partial charge >= 0.3 is 5.97 Å². The van der Waals surface area contributed by atoms with Crippen molar-refractivity contribution in [3.63, 3.8) is 0 Å². The van der Waals surface area contributed by atoms with E-state index in [0.29, 0.717) is 11.5 Å². The summed E-state index contributed by atoms with van der Waals surface area (Å²) in [4.78, 5) is 12.0. The third-order valence-electron chi connectivity index (χ3n) is 2.90. The molecule has 4 nitrogen and oxygen atoms in total. The Morgan fingerprint density at radius 2 is 1.56 bits per heavy atom. The summed E-state index contributed by atoms with van der Waals surface area (Å²) >= 11 is 0. The fraction of sp³-hybridized carbons (Fsp3) is 0.500. The molecule has 0 heterocycles. The molecule has 18 heavy (non-hydrogen) atoms. The van der Waals surface area contributed by atoms with E-state index in [9.17, 15) is 4.79 Å². The van der Waals surface area contributed by atoms with E-state index in [-0.39, 0.29) is 11.9 Å². The van der Waals surface area contributed by atoms with Gasteiger partial charge in [-0.1, -0.05) is 19.9 Å². The summed E-state index contributed by atoms with van der Waals surface area (Å²) in [6.07, 6.45) is 0. The zero-order chi connectivity index (χ0) is 13.7. The smallest absolute Gasteiger partial charge is 0.313 e. The van der Waals surface area contributed by atoms with Crippen LogP contribution in [0.4, 0.5) is 0 Å². The highest BCUT2D eigenvalue weighted by Gasteiger charge is 2.30. The van der Waals surface area contributed by atoms with Crippen LogP contribution in [-0.2, 0) is 9.53 Å². The van der Waals surface area contributed by atoms with Crippen molar-refractivity contribution in [3.05, 3.63) is 23.8 Å². The summed E-state index contributed by atoms with van der Waals surface area (Å²) in [5, 5.41) is 0. The van der Waals surface area contributed by atoms with Gasteiger partial charge in [-0.15, -0.1) is 0 Å². The molecular weight excluding hydrogens is 232 g/mol. The van der Waals surface area contributed by atoms with E-state index < -0.39 is 5.92 Å². The number of rotatable bonds is 5. The van der Waals surface area contributed by atoms with E-state index in [1.807, 2.05) is 32.0 Å². The molecule has 0 spiro atoms. The molecule has 0 saturated heterocycles. The lowest BCUT2D eigenvalue weighted by Crippen LogP contribution is -2.21. The van der Waals surface area contributed by atoms with Gasteiger partial charge in [0.25, 0.3) is 0 Å². The highest BCUT2D eigenvalue weighted by Crippen LogP contribution is 2.39. The van der Waals surface area contributed by atoms with Crippen LogP contribution in [0, 0.1) is 5.92 Å². The first-order chi connectivity index (χ1) is 8.56. The van der Waals surface area contributed by atoms with Gasteiger partial charge in [-0.3, -0.25) is 4.79 Å². The lowest BCUT2D eigenvalue weighted by molar-refractivity contribution is -0.143. The van der Waals surface area contributed by atoms with Gasteiger partial charge in [0.2, 0.25) is 0 Å². The average molecular weight is 252 g/mol. The second-order valence-electron chi connectivity index (χ2n) is 4.32. The van der Waals surface area contributed by atoms with Gasteiger partial charge in [-0.05, 0) is 18.1 Å². The summed E-state index contributed by atoms with van der Waals surface area (Å²) in [6, 6.07) is 5.46. The molecule has 1 atom stereocenters. The zero-order valence-corrected chi connectivity index (χ0v) is 11.5. The van der Waals surface area contributed by atoms with Crippen molar-refractivity contribution >= 4 is 5.97 Å². The lowest BCUT2D eigenvalue weighted by Gasteiger charge is -2.23. The maximum absolute atomic E-state index is 12.0. The maximum Gasteiger partial charge on any atom is 0.313 e. The number of benzene rings is 1. The molecule has 0 saturated carbocycles. The molecule has 0 aliphatic carbocycles. The number of carbonyl (C=O) groups is 1. The van der Waals surface area contributed by atoms with Crippen molar-refractivity contribution in [3.8, 4) is 11.5 Å². The highest BCUT2D eigenvalue weighted by molar-refractivity contribution is 5.80. The summed E-state index contributed by atoms with van der Waals surface area (Å²) in [6.45, 7) is 3.93. The van der Waals surface area contributed by atoms with Gasteiger partial charge in [0, 0.05) is 0 Å². The molecule has 0 aliphatic heterocycles. The van der Waals surface area contributed by atoms with Crippen molar-refractivity contribution in [1.29, 1.82) is 0 Å². The van der Waals surface area contributed by atoms with E-state index >= 15 is 0 Å². The van der Waals surface area contributed by atoms with Crippen molar-refractivity contribution in [2.45, 2.75) is 19.8 Å². The van der Waals surface area contributed by atoms with Crippen LogP contribution >= 0.6 is 0 Å². The van der Waals surface area contributed by atoms with Crippen LogP contribution in [0.2, 0.25) is 0 Å². The Balaban J connectivity index is 3.38. The Morgan fingerprint density at radius 1 is 1.06 bits per heavy atom. The summed E-state index contributed by atoms with van der Waals surface area (Å²) in [5.41, 5.74) is 0.740. The van der Waals surface area contributed by atoms with E-state index in [1.54, 1.807) is 14.2 Å². The molecule has 1 rings (SSSR count). The fourth-order valence-electron chi connectivity index (χ4n) is 2.04. The molecule has 0 bridgehead atoms. The lowest BCUT2D eigenvalue weighted by atomic mass is 9.87. The van der Waals surface area contributed by atoms with E-state index in [0.717, 1.165) is 5.56 Å². The third-order valence-corrected chi connectivity index (χ3v) is 2.90. The second-order valence-corrected chi connectivity index (χ2v) is 4.32. The molecule has 0 radical (unpaired) electrons. The molecule has 0 N–H and O–H groups in total. The molecule has 4 heteroatoms. The van der Waals surface area contributed by atoms with Crippen LogP contribution < -0.4 is 9.47 Å². The second kappa shape index (κ2) is 6.28. The third kappa shape index (κ3) is 2.75. The molecule has 0 aromatic heterocycles. The number of esters is 1. The Labute approximate surface area is 108 Å². The zero-order valence-electron chi connectivity index (χ0n) is 11.5. The molecule has 1 aromatic rings. The largest absolute Gasteiger partial charge is 0.496 e. The van der Waals surface area contributed by atoms with Crippen molar-refractivity contribution < 1.29 is 19.0 Å². The minimum atomic E-state index is -0.402. The van der Waals surface area contributed by atoms with Crippen LogP contribution in [0.5, 0.6) is 11.5 Å². The Morgan fingerprint density at radius 3 is 1.89 bits per heavy atom. The topological polar surface area (TPSA) is 44.8 Å². The molecule has 0 aliphatic rings. The first-order valence-electron chi connectivity index (χ1n) is 5.85. The maximum atomic E-state index is 12.0. The van der Waals surface area contributed by atoms with Crippen LogP contribution in [0.1, 0.15) is 25.3 Å². The number of hydrogen-bond acceptors (Lipinski definition) is 4. The molecule has 1 unspecified atom stereocenters. The highest BCUT2D eigenvalue weighted by atomic mass is 16.5. The van der Waals surface area contributed by atoms with Crippen LogP contribution in [0.15, 0.2) is 18.2 Å². The Bertz CT molecular complexity index is 390. The monoisotopic (exact) mass is 252 g/mol. The number of methoxy groups -OCH3 is 3. The normalized spacial score (nSPS) is 12.1. The Kier molecular flexibility index (Phi) is 5.01. The van der Waals surface area contributed by atoms with Gasteiger partial charge in [0.15, 0.2) is 0 Å². The van der Waals surface area contributed by atoms with Gasteiger partial charge in [-0.2, -0.15) is 0 Å². The average Bonchev–Trinajstić information content (AvgIpc) is 2.38. The van der Waals surface area contributed by atoms with Crippen molar-refractivity contribution in [1.82, 2.24) is 0 Å². The first kappa shape index (κ1) is 14.4. The van der Waals surface area contributed by atoms with Gasteiger partial charge in [0.1, 0.15) is 11.5 Å². The standard InChI is InChI=1S/C14H20O4/c1-9(2)12(14(15)18-5)13-10(16-3)7-6-8-11(13)17-4/h6-9,12H,1-5H3. The van der Waals surface area contributed by atoms with Crippen LogP contribution in [0.3, 0.4) is 0 Å².